The molecule has 1 aliphatic carbocycles. The van der Waals surface area contributed by atoms with Gasteiger partial charge in [0.25, 0.3) is 0 Å². The number of rotatable bonds is 3. The van der Waals surface area contributed by atoms with Crippen LogP contribution in [0.25, 0.3) is 0 Å². The highest BCUT2D eigenvalue weighted by Crippen LogP contribution is 2.42. The van der Waals surface area contributed by atoms with Crippen LogP contribution in [0.15, 0.2) is 24.3 Å². The van der Waals surface area contributed by atoms with Gasteiger partial charge in [-0.3, -0.25) is 0 Å². The Balaban J connectivity index is 2.26. The molecule has 88 valence electrons. The molecule has 0 aliphatic heterocycles. The second-order valence-corrected chi connectivity index (χ2v) is 5.26. The monoisotopic (exact) mass is 238 g/mol. The largest absolute Gasteiger partial charge is 0.396 e. The number of benzene rings is 1. The minimum atomic E-state index is 0.206. The van der Waals surface area contributed by atoms with Crippen LogP contribution in [0.5, 0.6) is 0 Å². The van der Waals surface area contributed by atoms with Crippen molar-refractivity contribution in [3.8, 4) is 0 Å². The van der Waals surface area contributed by atoms with Gasteiger partial charge in [0.2, 0.25) is 0 Å². The smallest absolute Gasteiger partial charge is 0.0439 e. The summed E-state index contributed by atoms with van der Waals surface area (Å²) in [6.45, 7) is 0.280. The van der Waals surface area contributed by atoms with Crippen LogP contribution >= 0.6 is 11.6 Å². The van der Waals surface area contributed by atoms with E-state index < -0.39 is 0 Å². The second kappa shape index (κ2) is 5.20. The van der Waals surface area contributed by atoms with Gasteiger partial charge in [0, 0.05) is 11.6 Å². The van der Waals surface area contributed by atoms with Gasteiger partial charge in [-0.1, -0.05) is 43.0 Å². The molecule has 0 heterocycles. The fourth-order valence-corrected chi connectivity index (χ4v) is 3.06. The first kappa shape index (κ1) is 11.9. The van der Waals surface area contributed by atoms with Crippen molar-refractivity contribution in [1.29, 1.82) is 0 Å². The summed E-state index contributed by atoms with van der Waals surface area (Å²) in [6, 6.07) is 8.18. The quantitative estimate of drug-likeness (QED) is 0.846. The predicted molar refractivity (Wildman–Crippen MR) is 67.9 cm³/mol. The molecule has 1 fully saturated rings. The molecule has 2 heteroatoms. The normalized spacial score (nSPS) is 19.6. The number of aliphatic hydroxyl groups is 1. The first-order valence-corrected chi connectivity index (χ1v) is 6.52. The van der Waals surface area contributed by atoms with Gasteiger partial charge in [-0.05, 0) is 42.4 Å². The molecular formula is C14H19ClO. The lowest BCUT2D eigenvalue weighted by molar-refractivity contribution is 0.197. The summed E-state index contributed by atoms with van der Waals surface area (Å²) in [4.78, 5) is 0. The van der Waals surface area contributed by atoms with Gasteiger partial charge < -0.3 is 5.11 Å². The highest BCUT2D eigenvalue weighted by atomic mass is 35.5. The maximum Gasteiger partial charge on any atom is 0.0439 e. The topological polar surface area (TPSA) is 20.2 Å². The third kappa shape index (κ3) is 2.41. The molecule has 0 bridgehead atoms. The van der Waals surface area contributed by atoms with Crippen molar-refractivity contribution in [2.24, 2.45) is 0 Å². The molecule has 0 spiro atoms. The van der Waals surface area contributed by atoms with Gasteiger partial charge in [0.1, 0.15) is 0 Å². The van der Waals surface area contributed by atoms with E-state index >= 15 is 0 Å². The van der Waals surface area contributed by atoms with E-state index in [-0.39, 0.29) is 12.0 Å². The molecule has 0 atom stereocenters. The fourth-order valence-electron chi connectivity index (χ4n) is 2.93. The second-order valence-electron chi connectivity index (χ2n) is 4.82. The lowest BCUT2D eigenvalue weighted by atomic mass is 9.67. The SMILES string of the molecule is OCCC1(c2ccc(Cl)cc2)CCCCC1. The maximum atomic E-state index is 9.27. The number of aliphatic hydroxyl groups excluding tert-OH is 1. The molecule has 0 saturated heterocycles. The lowest BCUT2D eigenvalue weighted by Gasteiger charge is -2.37. The van der Waals surface area contributed by atoms with E-state index in [0.29, 0.717) is 0 Å². The van der Waals surface area contributed by atoms with Gasteiger partial charge in [0.05, 0.1) is 0 Å². The summed E-state index contributed by atoms with van der Waals surface area (Å²) in [7, 11) is 0. The van der Waals surface area contributed by atoms with Crippen molar-refractivity contribution in [2.45, 2.75) is 43.9 Å². The van der Waals surface area contributed by atoms with Crippen molar-refractivity contribution < 1.29 is 5.11 Å². The molecule has 1 aromatic carbocycles. The zero-order valence-corrected chi connectivity index (χ0v) is 10.3. The van der Waals surface area contributed by atoms with Gasteiger partial charge in [-0.2, -0.15) is 0 Å². The molecule has 0 radical (unpaired) electrons. The minimum Gasteiger partial charge on any atom is -0.396 e. The molecular weight excluding hydrogens is 220 g/mol. The molecule has 16 heavy (non-hydrogen) atoms. The molecule has 2 rings (SSSR count). The molecule has 1 aromatic rings. The van der Waals surface area contributed by atoms with Crippen molar-refractivity contribution >= 4 is 11.6 Å². The minimum absolute atomic E-state index is 0.206. The average Bonchev–Trinajstić information content (AvgIpc) is 2.31. The van der Waals surface area contributed by atoms with Crippen LogP contribution in [0.4, 0.5) is 0 Å². The van der Waals surface area contributed by atoms with Crippen LogP contribution in [0.3, 0.4) is 0 Å². The Morgan fingerprint density at radius 3 is 2.25 bits per heavy atom. The van der Waals surface area contributed by atoms with Gasteiger partial charge in [-0.25, -0.2) is 0 Å². The van der Waals surface area contributed by atoms with Gasteiger partial charge in [0.15, 0.2) is 0 Å². The summed E-state index contributed by atoms with van der Waals surface area (Å²) in [5.41, 5.74) is 1.56. The van der Waals surface area contributed by atoms with E-state index in [1.165, 1.54) is 37.7 Å². The van der Waals surface area contributed by atoms with E-state index in [0.717, 1.165) is 11.4 Å². The molecule has 1 saturated carbocycles. The Kier molecular flexibility index (Phi) is 3.88. The van der Waals surface area contributed by atoms with E-state index in [1.54, 1.807) is 0 Å². The van der Waals surface area contributed by atoms with Crippen molar-refractivity contribution in [2.75, 3.05) is 6.61 Å². The molecule has 1 N–H and O–H groups in total. The maximum absolute atomic E-state index is 9.27. The molecule has 0 amide bonds. The average molecular weight is 239 g/mol. The third-order valence-corrected chi connectivity index (χ3v) is 4.11. The number of hydrogen-bond donors (Lipinski definition) is 1. The van der Waals surface area contributed by atoms with Crippen molar-refractivity contribution in [1.82, 2.24) is 0 Å². The van der Waals surface area contributed by atoms with E-state index in [2.05, 4.69) is 12.1 Å². The summed E-state index contributed by atoms with van der Waals surface area (Å²) in [5, 5.41) is 10.1. The Labute approximate surface area is 102 Å². The highest BCUT2D eigenvalue weighted by Gasteiger charge is 2.32. The summed E-state index contributed by atoms with van der Waals surface area (Å²) >= 11 is 5.92. The molecule has 0 aromatic heterocycles. The summed E-state index contributed by atoms with van der Waals surface area (Å²) in [5.74, 6) is 0. The van der Waals surface area contributed by atoms with Crippen molar-refractivity contribution in [3.05, 3.63) is 34.9 Å². The Morgan fingerprint density at radius 1 is 1.06 bits per heavy atom. The van der Waals surface area contributed by atoms with Crippen LogP contribution in [0.2, 0.25) is 5.02 Å². The molecule has 0 unspecified atom stereocenters. The van der Waals surface area contributed by atoms with Crippen LogP contribution in [0.1, 0.15) is 44.1 Å². The van der Waals surface area contributed by atoms with Crippen LogP contribution < -0.4 is 0 Å². The van der Waals surface area contributed by atoms with Gasteiger partial charge >= 0.3 is 0 Å². The third-order valence-electron chi connectivity index (χ3n) is 3.86. The summed E-state index contributed by atoms with van der Waals surface area (Å²) in [6.07, 6.45) is 7.19. The van der Waals surface area contributed by atoms with Crippen LogP contribution in [-0.4, -0.2) is 11.7 Å². The highest BCUT2D eigenvalue weighted by molar-refractivity contribution is 6.30. The first-order valence-electron chi connectivity index (χ1n) is 6.14. The fraction of sp³-hybridized carbons (Fsp3) is 0.571. The standard InChI is InChI=1S/C14H19ClO/c15-13-6-4-12(5-7-13)14(10-11-16)8-2-1-3-9-14/h4-7,16H,1-3,8-11H2. The van der Waals surface area contributed by atoms with Crippen LogP contribution in [-0.2, 0) is 5.41 Å². The Morgan fingerprint density at radius 2 is 1.69 bits per heavy atom. The molecule has 1 nitrogen and oxygen atoms in total. The van der Waals surface area contributed by atoms with Gasteiger partial charge in [-0.15, -0.1) is 0 Å². The Hall–Kier alpha value is -0.530. The van der Waals surface area contributed by atoms with E-state index in [9.17, 15) is 5.11 Å². The Bertz CT molecular complexity index is 320. The first-order chi connectivity index (χ1) is 7.77. The number of hydrogen-bond acceptors (Lipinski definition) is 1. The van der Waals surface area contributed by atoms with E-state index in [4.69, 9.17) is 11.6 Å². The number of halogens is 1. The van der Waals surface area contributed by atoms with E-state index in [1.807, 2.05) is 12.1 Å². The van der Waals surface area contributed by atoms with Crippen molar-refractivity contribution in [3.63, 3.8) is 0 Å². The molecule has 1 aliphatic rings. The van der Waals surface area contributed by atoms with Crippen LogP contribution in [0, 0.1) is 0 Å². The lowest BCUT2D eigenvalue weighted by Crippen LogP contribution is -2.30. The predicted octanol–water partition coefficient (Wildman–Crippen LogP) is 3.92. The summed E-state index contributed by atoms with van der Waals surface area (Å²) < 4.78 is 0. The zero-order chi connectivity index (χ0) is 11.4. The zero-order valence-electron chi connectivity index (χ0n) is 9.58.